The average molecular weight is 381 g/mol. The molecule has 148 valence electrons. The van der Waals surface area contributed by atoms with E-state index in [0.29, 0.717) is 19.6 Å². The summed E-state index contributed by atoms with van der Waals surface area (Å²) in [5.74, 6) is 1.05. The Morgan fingerprint density at radius 1 is 1.21 bits per heavy atom. The van der Waals surface area contributed by atoms with Crippen molar-refractivity contribution < 1.29 is 14.3 Å². The van der Waals surface area contributed by atoms with Gasteiger partial charge in [0.05, 0.1) is 19.3 Å². The summed E-state index contributed by atoms with van der Waals surface area (Å²) in [6, 6.07) is 10.2. The molecule has 2 aliphatic rings. The van der Waals surface area contributed by atoms with Crippen molar-refractivity contribution in [2.45, 2.75) is 25.9 Å². The molecule has 1 atom stereocenters. The van der Waals surface area contributed by atoms with Gasteiger partial charge in [-0.25, -0.2) is 0 Å². The van der Waals surface area contributed by atoms with Crippen molar-refractivity contribution in [1.29, 1.82) is 0 Å². The number of amides is 1. The topological polar surface area (TPSA) is 54.9 Å². The molecule has 3 heterocycles. The second-order valence-electron chi connectivity index (χ2n) is 7.45. The highest BCUT2D eigenvalue weighted by Crippen LogP contribution is 2.30. The standard InChI is InChI=1S/C22H27N3O3/c1-17-16-28-21-5-4-18(19-3-2-7-23-14-19)13-20(21)15-25(17)22(26)6-8-24-9-11-27-12-10-24/h2-5,7,13-14,17H,6,8-12,15-16H2,1H3/t17-/m0/s1. The number of rotatable bonds is 4. The van der Waals surface area contributed by atoms with Crippen molar-refractivity contribution in [3.05, 3.63) is 48.3 Å². The molecule has 1 aromatic heterocycles. The molecule has 2 aliphatic heterocycles. The molecule has 4 rings (SSSR count). The van der Waals surface area contributed by atoms with Crippen molar-refractivity contribution in [2.24, 2.45) is 0 Å². The Bertz CT molecular complexity index is 806. The van der Waals surface area contributed by atoms with Crippen LogP contribution in [0, 0.1) is 0 Å². The van der Waals surface area contributed by atoms with Crippen LogP contribution in [0.25, 0.3) is 11.1 Å². The van der Waals surface area contributed by atoms with E-state index in [9.17, 15) is 4.79 Å². The van der Waals surface area contributed by atoms with Gasteiger partial charge in [-0.05, 0) is 30.7 Å². The van der Waals surface area contributed by atoms with E-state index in [1.807, 2.05) is 29.3 Å². The van der Waals surface area contributed by atoms with Gasteiger partial charge < -0.3 is 14.4 Å². The molecule has 28 heavy (non-hydrogen) atoms. The van der Waals surface area contributed by atoms with Crippen LogP contribution in [0.15, 0.2) is 42.7 Å². The number of nitrogens with zero attached hydrogens (tertiary/aromatic N) is 3. The summed E-state index contributed by atoms with van der Waals surface area (Å²) in [5, 5.41) is 0. The zero-order chi connectivity index (χ0) is 19.3. The second-order valence-corrected chi connectivity index (χ2v) is 7.45. The van der Waals surface area contributed by atoms with E-state index in [-0.39, 0.29) is 11.9 Å². The Balaban J connectivity index is 1.48. The highest BCUT2D eigenvalue weighted by Gasteiger charge is 2.26. The molecular formula is C22H27N3O3. The van der Waals surface area contributed by atoms with Gasteiger partial charge in [-0.15, -0.1) is 0 Å². The van der Waals surface area contributed by atoms with Crippen molar-refractivity contribution in [3.8, 4) is 16.9 Å². The maximum absolute atomic E-state index is 13.0. The molecular weight excluding hydrogens is 354 g/mol. The number of hydrogen-bond donors (Lipinski definition) is 0. The number of morpholine rings is 1. The second kappa shape index (κ2) is 8.71. The molecule has 1 amide bonds. The first kappa shape index (κ1) is 18.9. The zero-order valence-electron chi connectivity index (χ0n) is 16.3. The molecule has 2 aromatic rings. The lowest BCUT2D eigenvalue weighted by Gasteiger charge is -2.29. The fraction of sp³-hybridized carbons (Fsp3) is 0.455. The first-order valence-corrected chi connectivity index (χ1v) is 9.96. The Hall–Kier alpha value is -2.44. The molecule has 0 unspecified atom stereocenters. The third-order valence-corrected chi connectivity index (χ3v) is 5.47. The zero-order valence-corrected chi connectivity index (χ0v) is 16.3. The van der Waals surface area contributed by atoms with Gasteiger partial charge in [0.15, 0.2) is 0 Å². The molecule has 1 fully saturated rings. The van der Waals surface area contributed by atoms with Gasteiger partial charge in [0.25, 0.3) is 0 Å². The van der Waals surface area contributed by atoms with Crippen LogP contribution in [-0.4, -0.2) is 66.2 Å². The SMILES string of the molecule is C[C@H]1COc2ccc(-c3cccnc3)cc2CN1C(=O)CCN1CCOCC1. The van der Waals surface area contributed by atoms with Gasteiger partial charge in [-0.1, -0.05) is 12.1 Å². The number of carbonyl (C=O) groups excluding carboxylic acids is 1. The number of benzene rings is 1. The van der Waals surface area contributed by atoms with E-state index < -0.39 is 0 Å². The van der Waals surface area contributed by atoms with Crippen molar-refractivity contribution in [3.63, 3.8) is 0 Å². The van der Waals surface area contributed by atoms with E-state index in [0.717, 1.165) is 55.3 Å². The number of ether oxygens (including phenoxy) is 2. The predicted octanol–water partition coefficient (Wildman–Crippen LogP) is 2.58. The average Bonchev–Trinajstić information content (AvgIpc) is 2.92. The maximum atomic E-state index is 13.0. The van der Waals surface area contributed by atoms with E-state index in [4.69, 9.17) is 9.47 Å². The van der Waals surface area contributed by atoms with E-state index in [1.165, 1.54) is 0 Å². The first-order valence-electron chi connectivity index (χ1n) is 9.96. The first-order chi connectivity index (χ1) is 13.7. The summed E-state index contributed by atoms with van der Waals surface area (Å²) in [5.41, 5.74) is 3.20. The minimum Gasteiger partial charge on any atom is -0.491 e. The van der Waals surface area contributed by atoms with Gasteiger partial charge in [-0.3, -0.25) is 14.7 Å². The number of carbonyl (C=O) groups is 1. The van der Waals surface area contributed by atoms with Crippen molar-refractivity contribution in [1.82, 2.24) is 14.8 Å². The fourth-order valence-corrected chi connectivity index (χ4v) is 3.75. The van der Waals surface area contributed by atoms with E-state index in [1.54, 1.807) is 6.20 Å². The summed E-state index contributed by atoms with van der Waals surface area (Å²) < 4.78 is 11.4. The minimum absolute atomic E-state index is 0.0476. The molecule has 0 saturated carbocycles. The lowest BCUT2D eigenvalue weighted by Crippen LogP contribution is -2.43. The van der Waals surface area contributed by atoms with Crippen LogP contribution in [0.4, 0.5) is 0 Å². The number of hydrogen-bond acceptors (Lipinski definition) is 5. The van der Waals surface area contributed by atoms with E-state index >= 15 is 0 Å². The Kier molecular flexibility index (Phi) is 5.88. The lowest BCUT2D eigenvalue weighted by atomic mass is 10.0. The lowest BCUT2D eigenvalue weighted by molar-refractivity contribution is -0.134. The normalized spacial score (nSPS) is 20.2. The Morgan fingerprint density at radius 2 is 2.07 bits per heavy atom. The maximum Gasteiger partial charge on any atom is 0.224 e. The van der Waals surface area contributed by atoms with Crippen molar-refractivity contribution in [2.75, 3.05) is 39.5 Å². The molecule has 0 spiro atoms. The molecule has 1 saturated heterocycles. The number of fused-ring (bicyclic) bond motifs is 1. The molecule has 6 nitrogen and oxygen atoms in total. The van der Waals surface area contributed by atoms with Gasteiger partial charge in [0.2, 0.25) is 5.91 Å². The van der Waals surface area contributed by atoms with Crippen molar-refractivity contribution >= 4 is 5.91 Å². The fourth-order valence-electron chi connectivity index (χ4n) is 3.75. The molecule has 1 aromatic carbocycles. The van der Waals surface area contributed by atoms with Crippen LogP contribution >= 0.6 is 0 Å². The van der Waals surface area contributed by atoms with Crippen LogP contribution in [0.5, 0.6) is 5.75 Å². The van der Waals surface area contributed by atoms with Crippen LogP contribution < -0.4 is 4.74 Å². The van der Waals surface area contributed by atoms with Crippen LogP contribution in [0.3, 0.4) is 0 Å². The summed E-state index contributed by atoms with van der Waals surface area (Å²) in [4.78, 5) is 21.4. The van der Waals surface area contributed by atoms with Gasteiger partial charge >= 0.3 is 0 Å². The third-order valence-electron chi connectivity index (χ3n) is 5.47. The highest BCUT2D eigenvalue weighted by molar-refractivity contribution is 5.77. The number of pyridine rings is 1. The van der Waals surface area contributed by atoms with Crippen LogP contribution in [0.2, 0.25) is 0 Å². The summed E-state index contributed by atoms with van der Waals surface area (Å²) in [7, 11) is 0. The van der Waals surface area contributed by atoms with Gasteiger partial charge in [-0.2, -0.15) is 0 Å². The molecule has 0 bridgehead atoms. The Labute approximate surface area is 166 Å². The van der Waals surface area contributed by atoms with Gasteiger partial charge in [0.1, 0.15) is 12.4 Å². The minimum atomic E-state index is 0.0476. The molecule has 0 N–H and O–H groups in total. The summed E-state index contributed by atoms with van der Waals surface area (Å²) in [6.07, 6.45) is 4.15. The van der Waals surface area contributed by atoms with E-state index in [2.05, 4.69) is 28.9 Å². The summed E-state index contributed by atoms with van der Waals surface area (Å²) in [6.45, 7) is 7.26. The number of aromatic nitrogens is 1. The van der Waals surface area contributed by atoms with Gasteiger partial charge in [0, 0.05) is 56.1 Å². The smallest absolute Gasteiger partial charge is 0.224 e. The predicted molar refractivity (Wildman–Crippen MR) is 107 cm³/mol. The Morgan fingerprint density at radius 3 is 2.86 bits per heavy atom. The van der Waals surface area contributed by atoms with Crippen LogP contribution in [-0.2, 0) is 16.1 Å². The monoisotopic (exact) mass is 381 g/mol. The third kappa shape index (κ3) is 4.34. The highest BCUT2D eigenvalue weighted by atomic mass is 16.5. The van der Waals surface area contributed by atoms with Crippen LogP contribution in [0.1, 0.15) is 18.9 Å². The quantitative estimate of drug-likeness (QED) is 0.815. The molecule has 0 aliphatic carbocycles. The summed E-state index contributed by atoms with van der Waals surface area (Å²) >= 11 is 0. The molecule has 6 heteroatoms. The largest absolute Gasteiger partial charge is 0.491 e. The molecule has 0 radical (unpaired) electrons.